The molecule has 1 aliphatic heterocycles. The minimum atomic E-state index is -0.107. The molecule has 0 unspecified atom stereocenters. The number of nitrogens with one attached hydrogen (secondary N) is 1. The number of carbonyl (C=O) groups is 2. The molecule has 3 rings (SSSR count). The highest BCUT2D eigenvalue weighted by molar-refractivity contribution is 7.13. The molecule has 1 N–H and O–H groups in total. The van der Waals surface area contributed by atoms with E-state index in [1.54, 1.807) is 4.90 Å². The maximum Gasteiger partial charge on any atom is 0.233 e. The third-order valence-electron chi connectivity index (χ3n) is 3.91. The molecule has 0 bridgehead atoms. The third-order valence-corrected chi connectivity index (χ3v) is 5.07. The average Bonchev–Trinajstić information content (AvgIpc) is 3.14. The third kappa shape index (κ3) is 3.44. The van der Waals surface area contributed by atoms with Crippen LogP contribution in [-0.4, -0.2) is 23.3 Å². The van der Waals surface area contributed by atoms with Crippen molar-refractivity contribution in [3.05, 3.63) is 39.9 Å². The largest absolute Gasteiger partial charge is 0.311 e. The van der Waals surface area contributed by atoms with Gasteiger partial charge in [0.1, 0.15) is 0 Å². The predicted molar refractivity (Wildman–Crippen MR) is 96.8 cm³/mol. The molecule has 0 saturated heterocycles. The summed E-state index contributed by atoms with van der Waals surface area (Å²) in [6.07, 6.45) is 0.980. The zero-order valence-electron chi connectivity index (χ0n) is 13.5. The molecule has 0 atom stereocenters. The zero-order valence-corrected chi connectivity index (χ0v) is 15.1. The number of nitrogens with zero attached hydrogens (tertiary/aromatic N) is 2. The highest BCUT2D eigenvalue weighted by Crippen LogP contribution is 2.33. The van der Waals surface area contributed by atoms with Gasteiger partial charge in [-0.2, -0.15) is 0 Å². The lowest BCUT2D eigenvalue weighted by molar-refractivity contribution is -0.119. The van der Waals surface area contributed by atoms with Gasteiger partial charge in [0, 0.05) is 28.6 Å². The summed E-state index contributed by atoms with van der Waals surface area (Å²) < 4.78 is 0. The Morgan fingerprint density at radius 2 is 2.21 bits per heavy atom. The van der Waals surface area contributed by atoms with Gasteiger partial charge in [0.2, 0.25) is 11.8 Å². The topological polar surface area (TPSA) is 62.3 Å². The van der Waals surface area contributed by atoms with Crippen molar-refractivity contribution in [2.24, 2.45) is 5.92 Å². The van der Waals surface area contributed by atoms with Gasteiger partial charge in [-0.1, -0.05) is 31.5 Å². The molecule has 0 aliphatic carbocycles. The molecule has 0 fully saturated rings. The van der Waals surface area contributed by atoms with E-state index in [4.69, 9.17) is 11.6 Å². The van der Waals surface area contributed by atoms with Crippen molar-refractivity contribution in [2.75, 3.05) is 16.8 Å². The van der Waals surface area contributed by atoms with Gasteiger partial charge in [-0.05, 0) is 24.1 Å². The molecule has 24 heavy (non-hydrogen) atoms. The number of benzene rings is 1. The fourth-order valence-corrected chi connectivity index (χ4v) is 3.57. The molecular weight excluding hydrogens is 346 g/mol. The van der Waals surface area contributed by atoms with Crippen LogP contribution in [0.15, 0.2) is 23.6 Å². The molecule has 1 aromatic carbocycles. The number of aromatic nitrogens is 1. The number of hydrogen-bond donors (Lipinski definition) is 1. The lowest BCUT2D eigenvalue weighted by Crippen LogP contribution is -2.30. The molecule has 2 heterocycles. The summed E-state index contributed by atoms with van der Waals surface area (Å²) in [6.45, 7) is 4.28. The Balaban J connectivity index is 1.68. The zero-order chi connectivity index (χ0) is 17.3. The van der Waals surface area contributed by atoms with Crippen LogP contribution in [0.1, 0.15) is 25.1 Å². The van der Waals surface area contributed by atoms with Gasteiger partial charge in [0.25, 0.3) is 0 Å². The Morgan fingerprint density at radius 1 is 1.42 bits per heavy atom. The molecule has 0 spiro atoms. The Kier molecular flexibility index (Phi) is 4.87. The first kappa shape index (κ1) is 16.9. The van der Waals surface area contributed by atoms with Crippen molar-refractivity contribution < 1.29 is 9.59 Å². The standard InChI is InChI=1S/C17H18ClN3O2S/c1-10(2)16(23)20-17-19-11(9-24-17)8-15(22)21-7-6-12-13(18)4-3-5-14(12)21/h3-5,9-10H,6-8H2,1-2H3,(H,19,20,23). The van der Waals surface area contributed by atoms with Crippen molar-refractivity contribution in [3.63, 3.8) is 0 Å². The van der Waals surface area contributed by atoms with Crippen molar-refractivity contribution in [2.45, 2.75) is 26.7 Å². The van der Waals surface area contributed by atoms with Gasteiger partial charge >= 0.3 is 0 Å². The number of halogens is 1. The summed E-state index contributed by atoms with van der Waals surface area (Å²) in [5.74, 6) is -0.196. The Labute approximate surface area is 149 Å². The van der Waals surface area contributed by atoms with Gasteiger partial charge in [-0.3, -0.25) is 9.59 Å². The average molecular weight is 364 g/mol. The maximum atomic E-state index is 12.6. The van der Waals surface area contributed by atoms with Crippen LogP contribution in [0.5, 0.6) is 0 Å². The predicted octanol–water partition coefficient (Wildman–Crippen LogP) is 3.52. The SMILES string of the molecule is CC(C)C(=O)Nc1nc(CC(=O)N2CCc3c(Cl)cccc32)cs1. The summed E-state index contributed by atoms with van der Waals surface area (Å²) >= 11 is 7.52. The lowest BCUT2D eigenvalue weighted by atomic mass is 10.2. The summed E-state index contributed by atoms with van der Waals surface area (Å²) in [5, 5.41) is 5.79. The Morgan fingerprint density at radius 3 is 2.96 bits per heavy atom. The van der Waals surface area contributed by atoms with Gasteiger partial charge in [0.05, 0.1) is 12.1 Å². The van der Waals surface area contributed by atoms with E-state index < -0.39 is 0 Å². The highest BCUT2D eigenvalue weighted by Gasteiger charge is 2.26. The molecule has 2 aromatic rings. The fraction of sp³-hybridized carbons (Fsp3) is 0.353. The van der Waals surface area contributed by atoms with Crippen molar-refractivity contribution in [3.8, 4) is 0 Å². The Hall–Kier alpha value is -1.92. The van der Waals surface area contributed by atoms with Crippen LogP contribution in [0.2, 0.25) is 5.02 Å². The van der Waals surface area contributed by atoms with E-state index in [1.165, 1.54) is 11.3 Å². The van der Waals surface area contributed by atoms with E-state index in [0.29, 0.717) is 22.4 Å². The summed E-state index contributed by atoms with van der Waals surface area (Å²) in [7, 11) is 0. The van der Waals surface area contributed by atoms with Gasteiger partial charge in [-0.25, -0.2) is 4.98 Å². The second kappa shape index (κ2) is 6.91. The van der Waals surface area contributed by atoms with Crippen LogP contribution < -0.4 is 10.2 Å². The molecule has 126 valence electrons. The van der Waals surface area contributed by atoms with Crippen LogP contribution in [0.3, 0.4) is 0 Å². The number of carbonyl (C=O) groups excluding carboxylic acids is 2. The lowest BCUT2D eigenvalue weighted by Gasteiger charge is -2.16. The van der Waals surface area contributed by atoms with E-state index in [2.05, 4.69) is 10.3 Å². The van der Waals surface area contributed by atoms with E-state index in [1.807, 2.05) is 37.4 Å². The number of amides is 2. The van der Waals surface area contributed by atoms with Crippen LogP contribution in [0.4, 0.5) is 10.8 Å². The summed E-state index contributed by atoms with van der Waals surface area (Å²) in [6, 6.07) is 5.62. The molecule has 7 heteroatoms. The fourth-order valence-electron chi connectivity index (χ4n) is 2.60. The summed E-state index contributed by atoms with van der Waals surface area (Å²) in [5.41, 5.74) is 2.58. The number of thiazole rings is 1. The second-order valence-corrected chi connectivity index (χ2v) is 7.26. The van der Waals surface area contributed by atoms with E-state index >= 15 is 0 Å². The first-order valence-electron chi connectivity index (χ1n) is 7.78. The molecule has 1 aliphatic rings. The number of hydrogen-bond acceptors (Lipinski definition) is 4. The molecular formula is C17H18ClN3O2S. The van der Waals surface area contributed by atoms with E-state index in [0.717, 1.165) is 17.7 Å². The minimum absolute atomic E-state index is 0.0111. The molecule has 0 radical (unpaired) electrons. The normalized spacial score (nSPS) is 13.2. The van der Waals surface area contributed by atoms with Crippen molar-refractivity contribution in [1.29, 1.82) is 0 Å². The van der Waals surface area contributed by atoms with Crippen LogP contribution >= 0.6 is 22.9 Å². The first-order valence-corrected chi connectivity index (χ1v) is 9.04. The molecule has 5 nitrogen and oxygen atoms in total. The van der Waals surface area contributed by atoms with E-state index in [-0.39, 0.29) is 24.2 Å². The highest BCUT2D eigenvalue weighted by atomic mass is 35.5. The van der Waals surface area contributed by atoms with E-state index in [9.17, 15) is 9.59 Å². The quantitative estimate of drug-likeness (QED) is 0.903. The second-order valence-electron chi connectivity index (χ2n) is 6.00. The monoisotopic (exact) mass is 363 g/mol. The number of fused-ring (bicyclic) bond motifs is 1. The molecule has 1 aromatic heterocycles. The number of rotatable bonds is 4. The summed E-state index contributed by atoms with van der Waals surface area (Å²) in [4.78, 5) is 30.4. The van der Waals surface area contributed by atoms with Crippen LogP contribution in [-0.2, 0) is 22.4 Å². The van der Waals surface area contributed by atoms with Crippen LogP contribution in [0, 0.1) is 5.92 Å². The maximum absolute atomic E-state index is 12.6. The molecule has 0 saturated carbocycles. The smallest absolute Gasteiger partial charge is 0.233 e. The number of anilines is 2. The first-order chi connectivity index (χ1) is 11.5. The van der Waals surface area contributed by atoms with Crippen LogP contribution in [0.25, 0.3) is 0 Å². The van der Waals surface area contributed by atoms with Gasteiger partial charge in [0.15, 0.2) is 5.13 Å². The minimum Gasteiger partial charge on any atom is -0.311 e. The van der Waals surface area contributed by atoms with Gasteiger partial charge < -0.3 is 10.2 Å². The Bertz CT molecular complexity index is 788. The van der Waals surface area contributed by atoms with Crippen molar-refractivity contribution >= 4 is 45.6 Å². The molecule has 2 amide bonds. The van der Waals surface area contributed by atoms with Gasteiger partial charge in [-0.15, -0.1) is 11.3 Å². The van der Waals surface area contributed by atoms with Crippen molar-refractivity contribution in [1.82, 2.24) is 4.98 Å².